The average Bonchev–Trinajstić information content (AvgIpc) is 3.04. The predicted molar refractivity (Wildman–Crippen MR) is 93.6 cm³/mol. The molecule has 3 rings (SSSR count). The quantitative estimate of drug-likeness (QED) is 0.745. The number of rotatable bonds is 6. The van der Waals surface area contributed by atoms with E-state index in [0.717, 1.165) is 16.6 Å². The standard InChI is InChI=1S/C18H20N4O3/c1-12(13-8-9-16(24-2)17(10-13)25-3)19-18(23)11-22-15-7-5-4-6-14(15)20-21-22/h4-10,12H,11H2,1-3H3,(H,19,23). The Bertz CT molecular complexity index is 891. The van der Waals surface area contributed by atoms with E-state index in [1.807, 2.05) is 49.4 Å². The second-order valence-electron chi connectivity index (χ2n) is 5.64. The van der Waals surface area contributed by atoms with Gasteiger partial charge in [-0.1, -0.05) is 23.4 Å². The van der Waals surface area contributed by atoms with Crippen LogP contribution in [-0.2, 0) is 11.3 Å². The molecule has 0 spiro atoms. The van der Waals surface area contributed by atoms with Gasteiger partial charge in [0.15, 0.2) is 11.5 Å². The van der Waals surface area contributed by atoms with Crippen molar-refractivity contribution in [2.45, 2.75) is 19.5 Å². The van der Waals surface area contributed by atoms with Crippen molar-refractivity contribution in [1.29, 1.82) is 0 Å². The first-order valence-electron chi connectivity index (χ1n) is 7.92. The molecule has 3 aromatic rings. The van der Waals surface area contributed by atoms with Crippen molar-refractivity contribution in [3.05, 3.63) is 48.0 Å². The Morgan fingerprint density at radius 2 is 1.92 bits per heavy atom. The third kappa shape index (κ3) is 3.55. The molecule has 1 unspecified atom stereocenters. The van der Waals surface area contributed by atoms with Crippen molar-refractivity contribution in [3.8, 4) is 11.5 Å². The van der Waals surface area contributed by atoms with Crippen LogP contribution >= 0.6 is 0 Å². The largest absolute Gasteiger partial charge is 0.493 e. The van der Waals surface area contributed by atoms with Crippen molar-refractivity contribution in [3.63, 3.8) is 0 Å². The molecule has 0 aliphatic carbocycles. The maximum atomic E-state index is 12.4. The van der Waals surface area contributed by atoms with Crippen LogP contribution in [0.5, 0.6) is 11.5 Å². The lowest BCUT2D eigenvalue weighted by Gasteiger charge is -2.16. The van der Waals surface area contributed by atoms with Gasteiger partial charge in [0.25, 0.3) is 0 Å². The molecule has 0 radical (unpaired) electrons. The van der Waals surface area contributed by atoms with Gasteiger partial charge in [-0.15, -0.1) is 5.10 Å². The molecule has 0 saturated carbocycles. The molecular formula is C18H20N4O3. The number of para-hydroxylation sites is 1. The van der Waals surface area contributed by atoms with Gasteiger partial charge in [-0.3, -0.25) is 4.79 Å². The number of ether oxygens (including phenoxy) is 2. The van der Waals surface area contributed by atoms with E-state index in [0.29, 0.717) is 11.5 Å². The summed E-state index contributed by atoms with van der Waals surface area (Å²) in [6, 6.07) is 12.9. The number of benzene rings is 2. The van der Waals surface area contributed by atoms with Crippen molar-refractivity contribution in [2.75, 3.05) is 14.2 Å². The lowest BCUT2D eigenvalue weighted by atomic mass is 10.1. The third-order valence-electron chi connectivity index (χ3n) is 4.00. The van der Waals surface area contributed by atoms with Crippen LogP contribution in [0.2, 0.25) is 0 Å². The van der Waals surface area contributed by atoms with Crippen LogP contribution in [0.4, 0.5) is 0 Å². The zero-order chi connectivity index (χ0) is 17.8. The van der Waals surface area contributed by atoms with Crippen molar-refractivity contribution >= 4 is 16.9 Å². The summed E-state index contributed by atoms with van der Waals surface area (Å²) in [5, 5.41) is 11.1. The van der Waals surface area contributed by atoms with Crippen LogP contribution in [0.25, 0.3) is 11.0 Å². The molecule has 1 amide bonds. The Kier molecular flexibility index (Phi) is 4.83. The topological polar surface area (TPSA) is 78.3 Å². The number of amides is 1. The van der Waals surface area contributed by atoms with E-state index in [1.54, 1.807) is 18.9 Å². The zero-order valence-corrected chi connectivity index (χ0v) is 14.4. The first-order chi connectivity index (χ1) is 12.1. The summed E-state index contributed by atoms with van der Waals surface area (Å²) >= 11 is 0. The highest BCUT2D eigenvalue weighted by molar-refractivity contribution is 5.80. The lowest BCUT2D eigenvalue weighted by molar-refractivity contribution is -0.122. The summed E-state index contributed by atoms with van der Waals surface area (Å²) in [6.45, 7) is 2.02. The summed E-state index contributed by atoms with van der Waals surface area (Å²) < 4.78 is 12.1. The fraction of sp³-hybridized carbons (Fsp3) is 0.278. The summed E-state index contributed by atoms with van der Waals surface area (Å²) in [6.07, 6.45) is 0. The van der Waals surface area contributed by atoms with Gasteiger partial charge in [-0.2, -0.15) is 0 Å². The normalized spacial score (nSPS) is 12.0. The monoisotopic (exact) mass is 340 g/mol. The number of aromatic nitrogens is 3. The summed E-state index contributed by atoms with van der Waals surface area (Å²) in [7, 11) is 3.17. The van der Waals surface area contributed by atoms with E-state index >= 15 is 0 Å². The van der Waals surface area contributed by atoms with Gasteiger partial charge in [-0.25, -0.2) is 4.68 Å². The average molecular weight is 340 g/mol. The molecular weight excluding hydrogens is 320 g/mol. The first-order valence-corrected chi connectivity index (χ1v) is 7.92. The van der Waals surface area contributed by atoms with Crippen molar-refractivity contribution < 1.29 is 14.3 Å². The number of nitrogens with one attached hydrogen (secondary N) is 1. The molecule has 1 atom stereocenters. The molecule has 7 nitrogen and oxygen atoms in total. The molecule has 0 bridgehead atoms. The van der Waals surface area contributed by atoms with Crippen LogP contribution in [0.3, 0.4) is 0 Å². The van der Waals surface area contributed by atoms with Gasteiger partial charge in [0, 0.05) is 0 Å². The summed E-state index contributed by atoms with van der Waals surface area (Å²) in [4.78, 5) is 12.4. The molecule has 0 aliphatic rings. The zero-order valence-electron chi connectivity index (χ0n) is 14.4. The minimum atomic E-state index is -0.179. The SMILES string of the molecule is COc1ccc(C(C)NC(=O)Cn2nnc3ccccc32)cc1OC. The molecule has 25 heavy (non-hydrogen) atoms. The summed E-state index contributed by atoms with van der Waals surface area (Å²) in [5.74, 6) is 1.14. The second-order valence-corrected chi connectivity index (χ2v) is 5.64. The van der Waals surface area contributed by atoms with Crippen LogP contribution in [0.15, 0.2) is 42.5 Å². The van der Waals surface area contributed by atoms with E-state index < -0.39 is 0 Å². The molecule has 2 aromatic carbocycles. The lowest BCUT2D eigenvalue weighted by Crippen LogP contribution is -2.30. The number of carbonyl (C=O) groups excluding carboxylic acids is 1. The highest BCUT2D eigenvalue weighted by atomic mass is 16.5. The molecule has 1 N–H and O–H groups in total. The minimum Gasteiger partial charge on any atom is -0.493 e. The van der Waals surface area contributed by atoms with Gasteiger partial charge in [0.05, 0.1) is 25.8 Å². The van der Waals surface area contributed by atoms with E-state index in [4.69, 9.17) is 9.47 Å². The van der Waals surface area contributed by atoms with Gasteiger partial charge in [-0.05, 0) is 36.8 Å². The van der Waals surface area contributed by atoms with Gasteiger partial charge < -0.3 is 14.8 Å². The van der Waals surface area contributed by atoms with Crippen LogP contribution < -0.4 is 14.8 Å². The van der Waals surface area contributed by atoms with E-state index in [1.165, 1.54) is 0 Å². The number of hydrogen-bond donors (Lipinski definition) is 1. The fourth-order valence-electron chi connectivity index (χ4n) is 2.66. The predicted octanol–water partition coefficient (Wildman–Crippen LogP) is 2.33. The Morgan fingerprint density at radius 3 is 2.68 bits per heavy atom. The Balaban J connectivity index is 1.70. The van der Waals surface area contributed by atoms with Gasteiger partial charge >= 0.3 is 0 Å². The van der Waals surface area contributed by atoms with Crippen LogP contribution in [0.1, 0.15) is 18.5 Å². The minimum absolute atomic E-state index is 0.109. The third-order valence-corrected chi connectivity index (χ3v) is 4.00. The molecule has 7 heteroatoms. The molecule has 0 fully saturated rings. The van der Waals surface area contributed by atoms with Crippen LogP contribution in [-0.4, -0.2) is 35.1 Å². The Morgan fingerprint density at radius 1 is 1.16 bits per heavy atom. The molecule has 0 saturated heterocycles. The number of fused-ring (bicyclic) bond motifs is 1. The van der Waals surface area contributed by atoms with E-state index in [9.17, 15) is 4.79 Å². The van der Waals surface area contributed by atoms with Gasteiger partial charge in [0.2, 0.25) is 5.91 Å². The Hall–Kier alpha value is -3.09. The second kappa shape index (κ2) is 7.21. The number of hydrogen-bond acceptors (Lipinski definition) is 5. The van der Waals surface area contributed by atoms with E-state index in [2.05, 4.69) is 15.6 Å². The maximum Gasteiger partial charge on any atom is 0.242 e. The summed E-state index contributed by atoms with van der Waals surface area (Å²) in [5.41, 5.74) is 2.52. The number of methoxy groups -OCH3 is 2. The first kappa shape index (κ1) is 16.8. The van der Waals surface area contributed by atoms with Crippen molar-refractivity contribution in [2.24, 2.45) is 0 Å². The highest BCUT2D eigenvalue weighted by Gasteiger charge is 2.14. The van der Waals surface area contributed by atoms with Crippen LogP contribution in [0, 0.1) is 0 Å². The Labute approximate surface area is 145 Å². The molecule has 130 valence electrons. The molecule has 1 aromatic heterocycles. The number of nitrogens with zero attached hydrogens (tertiary/aromatic N) is 3. The van der Waals surface area contributed by atoms with Gasteiger partial charge in [0.1, 0.15) is 12.1 Å². The number of carbonyl (C=O) groups is 1. The van der Waals surface area contributed by atoms with Crippen molar-refractivity contribution in [1.82, 2.24) is 20.3 Å². The molecule has 0 aliphatic heterocycles. The fourth-order valence-corrected chi connectivity index (χ4v) is 2.66. The molecule has 1 heterocycles. The maximum absolute atomic E-state index is 12.4. The smallest absolute Gasteiger partial charge is 0.242 e. The van der Waals surface area contributed by atoms with E-state index in [-0.39, 0.29) is 18.5 Å². The highest BCUT2D eigenvalue weighted by Crippen LogP contribution is 2.29.